The van der Waals surface area contributed by atoms with Crippen molar-refractivity contribution in [3.05, 3.63) is 65.7 Å². The molecule has 0 N–H and O–H groups in total. The molecule has 6 nitrogen and oxygen atoms in total. The van der Waals surface area contributed by atoms with Crippen LogP contribution in [0.4, 0.5) is 13.2 Å². The van der Waals surface area contributed by atoms with Crippen molar-refractivity contribution in [3.8, 4) is 33.5 Å². The third-order valence-electron chi connectivity index (χ3n) is 4.17. The van der Waals surface area contributed by atoms with Gasteiger partial charge in [0.2, 0.25) is 5.82 Å². The van der Waals surface area contributed by atoms with Gasteiger partial charge in [-0.25, -0.2) is 9.50 Å². The van der Waals surface area contributed by atoms with Crippen LogP contribution in [-0.2, 0) is 6.18 Å². The van der Waals surface area contributed by atoms with E-state index in [4.69, 9.17) is 4.52 Å². The van der Waals surface area contributed by atoms with E-state index in [-0.39, 0.29) is 22.9 Å². The van der Waals surface area contributed by atoms with Crippen LogP contribution in [0.3, 0.4) is 0 Å². The highest BCUT2D eigenvalue weighted by Gasteiger charge is 2.35. The van der Waals surface area contributed by atoms with Gasteiger partial charge < -0.3 is 4.52 Å². The zero-order valence-electron chi connectivity index (χ0n) is 14.5. The number of fused-ring (bicyclic) bond motifs is 1. The molecule has 29 heavy (non-hydrogen) atoms. The van der Waals surface area contributed by atoms with Gasteiger partial charge in [-0.1, -0.05) is 41.6 Å². The summed E-state index contributed by atoms with van der Waals surface area (Å²) in [6, 6.07) is 14.9. The molecule has 0 atom stereocenters. The van der Waals surface area contributed by atoms with E-state index in [1.54, 1.807) is 29.6 Å². The lowest BCUT2D eigenvalue weighted by Gasteiger charge is -2.10. The molecule has 0 spiro atoms. The Morgan fingerprint density at radius 2 is 1.76 bits per heavy atom. The van der Waals surface area contributed by atoms with Crippen LogP contribution in [0.1, 0.15) is 5.69 Å². The standard InChI is InChI=1S/C19H10F3N5OS/c20-19(21,22)15-9-12(14-7-4-8-29-14)23-16-10-13(25-27(15)16)18-24-17(26-28-18)11-5-2-1-3-6-11/h1-10H. The Morgan fingerprint density at radius 1 is 0.931 bits per heavy atom. The SMILES string of the molecule is FC(F)(F)c1cc(-c2cccs2)nc2cc(-c3nc(-c4ccccc4)no3)nn12. The number of rotatable bonds is 3. The molecule has 0 bridgehead atoms. The van der Waals surface area contributed by atoms with E-state index >= 15 is 0 Å². The Kier molecular flexibility index (Phi) is 3.95. The summed E-state index contributed by atoms with van der Waals surface area (Å²) in [6.45, 7) is 0. The van der Waals surface area contributed by atoms with Gasteiger partial charge in [-0.2, -0.15) is 23.3 Å². The van der Waals surface area contributed by atoms with Gasteiger partial charge in [0, 0.05) is 11.6 Å². The smallest absolute Gasteiger partial charge is 0.332 e. The molecule has 0 aliphatic heterocycles. The molecule has 10 heteroatoms. The third-order valence-corrected chi connectivity index (χ3v) is 5.06. The maximum Gasteiger partial charge on any atom is 0.433 e. The number of hydrogen-bond acceptors (Lipinski definition) is 6. The topological polar surface area (TPSA) is 69.1 Å². The maximum absolute atomic E-state index is 13.6. The monoisotopic (exact) mass is 413 g/mol. The minimum atomic E-state index is -4.61. The molecular weight excluding hydrogens is 403 g/mol. The number of halogens is 3. The lowest BCUT2D eigenvalue weighted by molar-refractivity contribution is -0.142. The first kappa shape index (κ1) is 17.6. The molecule has 0 aliphatic carbocycles. The van der Waals surface area contributed by atoms with E-state index in [2.05, 4.69) is 20.2 Å². The van der Waals surface area contributed by atoms with Crippen molar-refractivity contribution in [1.82, 2.24) is 24.7 Å². The first-order valence-corrected chi connectivity index (χ1v) is 9.28. The summed E-state index contributed by atoms with van der Waals surface area (Å²) in [5.74, 6) is 0.334. The average molecular weight is 413 g/mol. The van der Waals surface area contributed by atoms with E-state index in [9.17, 15) is 13.2 Å². The van der Waals surface area contributed by atoms with Crippen molar-refractivity contribution < 1.29 is 17.7 Å². The molecule has 0 fully saturated rings. The molecule has 5 aromatic rings. The van der Waals surface area contributed by atoms with Gasteiger partial charge in [0.15, 0.2) is 17.0 Å². The lowest BCUT2D eigenvalue weighted by atomic mass is 10.2. The molecule has 4 aromatic heterocycles. The van der Waals surface area contributed by atoms with E-state index in [0.717, 1.165) is 16.1 Å². The molecule has 0 saturated heterocycles. The van der Waals surface area contributed by atoms with Crippen LogP contribution in [-0.4, -0.2) is 24.7 Å². The van der Waals surface area contributed by atoms with Gasteiger partial charge in [-0.15, -0.1) is 11.3 Å². The number of thiophene rings is 1. The number of aromatic nitrogens is 5. The van der Waals surface area contributed by atoms with Gasteiger partial charge in [-0.05, 0) is 17.5 Å². The lowest BCUT2D eigenvalue weighted by Crippen LogP contribution is -2.13. The number of nitrogens with zero attached hydrogens (tertiary/aromatic N) is 5. The van der Waals surface area contributed by atoms with E-state index in [1.165, 1.54) is 17.4 Å². The second kappa shape index (κ2) is 6.52. The van der Waals surface area contributed by atoms with Crippen LogP contribution in [0, 0.1) is 0 Å². The van der Waals surface area contributed by atoms with Gasteiger partial charge in [0.1, 0.15) is 0 Å². The number of hydrogen-bond donors (Lipinski definition) is 0. The molecule has 0 radical (unpaired) electrons. The van der Waals surface area contributed by atoms with Gasteiger partial charge in [0.05, 0.1) is 10.6 Å². The largest absolute Gasteiger partial charge is 0.433 e. The van der Waals surface area contributed by atoms with Crippen LogP contribution in [0.15, 0.2) is 64.5 Å². The van der Waals surface area contributed by atoms with Gasteiger partial charge in [0.25, 0.3) is 5.89 Å². The summed E-state index contributed by atoms with van der Waals surface area (Å²) in [4.78, 5) is 9.20. The van der Waals surface area contributed by atoms with Crippen molar-refractivity contribution in [1.29, 1.82) is 0 Å². The van der Waals surface area contributed by atoms with Gasteiger partial charge in [-0.3, -0.25) is 0 Å². The van der Waals surface area contributed by atoms with Crippen LogP contribution < -0.4 is 0 Å². The Labute approximate surface area is 165 Å². The summed E-state index contributed by atoms with van der Waals surface area (Å²) in [6.07, 6.45) is -4.61. The number of benzene rings is 1. The van der Waals surface area contributed by atoms with E-state index in [1.807, 2.05) is 18.2 Å². The summed E-state index contributed by atoms with van der Waals surface area (Å²) >= 11 is 1.31. The van der Waals surface area contributed by atoms with Crippen molar-refractivity contribution >= 4 is 17.0 Å². The second-order valence-corrected chi connectivity index (χ2v) is 7.04. The predicted octanol–water partition coefficient (Wildman–Crippen LogP) is 5.19. The first-order valence-electron chi connectivity index (χ1n) is 8.40. The Bertz CT molecular complexity index is 1290. The fourth-order valence-electron chi connectivity index (χ4n) is 2.86. The fourth-order valence-corrected chi connectivity index (χ4v) is 3.55. The average Bonchev–Trinajstić information content (AvgIpc) is 3.46. The Hall–Kier alpha value is -3.53. The Balaban J connectivity index is 1.64. The fraction of sp³-hybridized carbons (Fsp3) is 0.0526. The molecule has 5 rings (SSSR count). The molecule has 0 saturated carbocycles. The van der Waals surface area contributed by atoms with Crippen LogP contribution in [0.2, 0.25) is 0 Å². The highest BCUT2D eigenvalue weighted by molar-refractivity contribution is 7.13. The van der Waals surface area contributed by atoms with Crippen LogP contribution >= 0.6 is 11.3 Å². The number of alkyl halides is 3. The summed E-state index contributed by atoms with van der Waals surface area (Å²) in [5.41, 5.74) is 0.167. The maximum atomic E-state index is 13.6. The molecule has 144 valence electrons. The first-order chi connectivity index (χ1) is 14.0. The highest BCUT2D eigenvalue weighted by Crippen LogP contribution is 2.34. The van der Waals surface area contributed by atoms with Crippen molar-refractivity contribution in [3.63, 3.8) is 0 Å². The molecule has 0 unspecified atom stereocenters. The third kappa shape index (κ3) is 3.17. The van der Waals surface area contributed by atoms with Gasteiger partial charge >= 0.3 is 6.18 Å². The Morgan fingerprint density at radius 3 is 2.48 bits per heavy atom. The molecule has 1 aromatic carbocycles. The van der Waals surface area contributed by atoms with E-state index in [0.29, 0.717) is 10.7 Å². The quantitative estimate of drug-likeness (QED) is 0.407. The minimum Gasteiger partial charge on any atom is -0.332 e. The zero-order valence-corrected chi connectivity index (χ0v) is 15.3. The molecular formula is C19H10F3N5OS. The molecule has 0 aliphatic rings. The summed E-state index contributed by atoms with van der Waals surface area (Å²) < 4.78 is 46.9. The van der Waals surface area contributed by atoms with Crippen molar-refractivity contribution in [2.24, 2.45) is 0 Å². The summed E-state index contributed by atoms with van der Waals surface area (Å²) in [5, 5.41) is 9.68. The van der Waals surface area contributed by atoms with E-state index < -0.39 is 11.9 Å². The molecule has 0 amide bonds. The van der Waals surface area contributed by atoms with Crippen molar-refractivity contribution in [2.45, 2.75) is 6.18 Å². The highest BCUT2D eigenvalue weighted by atomic mass is 32.1. The molecule has 4 heterocycles. The zero-order chi connectivity index (χ0) is 20.0. The van der Waals surface area contributed by atoms with Crippen LogP contribution in [0.25, 0.3) is 39.2 Å². The minimum absolute atomic E-state index is 0.0140. The van der Waals surface area contributed by atoms with Crippen LogP contribution in [0.5, 0.6) is 0 Å². The second-order valence-electron chi connectivity index (χ2n) is 6.09. The van der Waals surface area contributed by atoms with Crippen molar-refractivity contribution in [2.75, 3.05) is 0 Å². The normalized spacial score (nSPS) is 12.0. The summed E-state index contributed by atoms with van der Waals surface area (Å²) in [7, 11) is 0. The predicted molar refractivity (Wildman–Crippen MR) is 100 cm³/mol.